The summed E-state index contributed by atoms with van der Waals surface area (Å²) in [5.41, 5.74) is 3.06. The second-order valence-electron chi connectivity index (χ2n) is 5.67. The van der Waals surface area contributed by atoms with Crippen molar-refractivity contribution in [2.24, 2.45) is 5.14 Å². The third-order valence-electron chi connectivity index (χ3n) is 3.92. The first-order chi connectivity index (χ1) is 10.2. The average Bonchev–Trinajstić information content (AvgIpc) is 2.42. The number of benzene rings is 1. The molecule has 0 aromatic heterocycles. The number of sulfonamides is 1. The van der Waals surface area contributed by atoms with Gasteiger partial charge in [0.25, 0.3) is 5.91 Å². The van der Waals surface area contributed by atoms with Gasteiger partial charge >= 0.3 is 0 Å². The van der Waals surface area contributed by atoms with E-state index in [0.29, 0.717) is 0 Å². The maximum absolute atomic E-state index is 12.4. The van der Waals surface area contributed by atoms with Gasteiger partial charge in [-0.2, -0.15) is 0 Å². The van der Waals surface area contributed by atoms with Crippen molar-refractivity contribution < 1.29 is 13.2 Å². The van der Waals surface area contributed by atoms with Gasteiger partial charge in [0.2, 0.25) is 10.0 Å². The van der Waals surface area contributed by atoms with Crippen LogP contribution in [0.5, 0.6) is 0 Å². The lowest BCUT2D eigenvalue weighted by molar-refractivity contribution is 0.0369. The van der Waals surface area contributed by atoms with Crippen molar-refractivity contribution in [3.05, 3.63) is 28.8 Å². The summed E-state index contributed by atoms with van der Waals surface area (Å²) in [7, 11) is -3.97. The lowest BCUT2D eigenvalue weighted by Crippen LogP contribution is -2.54. The number of carbonyl (C=O) groups excluding carboxylic acids is 1. The molecule has 1 aliphatic rings. The Balaban J connectivity index is 2.23. The first kappa shape index (κ1) is 17.2. The van der Waals surface area contributed by atoms with Gasteiger partial charge in [0.1, 0.15) is 4.90 Å². The molecule has 22 heavy (non-hydrogen) atoms. The van der Waals surface area contributed by atoms with Gasteiger partial charge < -0.3 is 0 Å². The largest absolute Gasteiger partial charge is 0.284 e. The van der Waals surface area contributed by atoms with E-state index in [-0.39, 0.29) is 33.5 Å². The summed E-state index contributed by atoms with van der Waals surface area (Å²) in [5, 5.41) is 7.01. The maximum Gasteiger partial charge on any atom is 0.265 e. The highest BCUT2D eigenvalue weighted by Gasteiger charge is 2.27. The molecule has 0 radical (unpaired) electrons. The Bertz CT molecular complexity index is 668. The second kappa shape index (κ2) is 6.54. The van der Waals surface area contributed by atoms with E-state index in [4.69, 9.17) is 16.7 Å². The predicted octanol–water partition coefficient (Wildman–Crippen LogP) is 1.90. The molecule has 0 unspecified atom stereocenters. The normalized spacial score (nSPS) is 23.3. The standard InChI is InChI=1S/C14H20ClN3O3S/c1-9-4-3-5-10(2)18(9)17-14(19)11-6-7-12(15)13(8-11)22(16,20)21/h6-10H,3-5H2,1-2H3,(H,17,19)(H2,16,20,21)/t9-,10-/m0/s1. The Labute approximate surface area is 135 Å². The third kappa shape index (κ3) is 3.78. The molecule has 3 N–H and O–H groups in total. The smallest absolute Gasteiger partial charge is 0.265 e. The van der Waals surface area contributed by atoms with Crippen LogP contribution in [0.15, 0.2) is 23.1 Å². The number of halogens is 1. The molecule has 1 amide bonds. The van der Waals surface area contributed by atoms with E-state index in [1.165, 1.54) is 18.2 Å². The maximum atomic E-state index is 12.4. The fourth-order valence-electron chi connectivity index (χ4n) is 2.69. The molecular formula is C14H20ClN3O3S. The van der Waals surface area contributed by atoms with Gasteiger partial charge in [0, 0.05) is 17.6 Å². The van der Waals surface area contributed by atoms with Crippen molar-refractivity contribution in [3.63, 3.8) is 0 Å². The minimum Gasteiger partial charge on any atom is -0.284 e. The zero-order chi connectivity index (χ0) is 16.5. The Morgan fingerprint density at radius 3 is 2.45 bits per heavy atom. The SMILES string of the molecule is C[C@H]1CCC[C@H](C)N1NC(=O)c1ccc(Cl)c(S(N)(=O)=O)c1. The van der Waals surface area contributed by atoms with Crippen LogP contribution in [0, 0.1) is 0 Å². The summed E-state index contributed by atoms with van der Waals surface area (Å²) in [6.45, 7) is 4.10. The molecule has 0 spiro atoms. The number of hydrogen-bond acceptors (Lipinski definition) is 4. The van der Waals surface area contributed by atoms with Crippen molar-refractivity contribution in [3.8, 4) is 0 Å². The molecule has 2 atom stereocenters. The average molecular weight is 346 g/mol. The number of nitrogens with two attached hydrogens (primary N) is 1. The van der Waals surface area contributed by atoms with Crippen molar-refractivity contribution in [2.45, 2.75) is 50.1 Å². The van der Waals surface area contributed by atoms with Crippen LogP contribution in [-0.2, 0) is 10.0 Å². The van der Waals surface area contributed by atoms with Gasteiger partial charge in [0.05, 0.1) is 5.02 Å². The van der Waals surface area contributed by atoms with Gasteiger partial charge in [-0.3, -0.25) is 10.2 Å². The summed E-state index contributed by atoms with van der Waals surface area (Å²) in [6, 6.07) is 4.51. The van der Waals surface area contributed by atoms with E-state index >= 15 is 0 Å². The topological polar surface area (TPSA) is 92.5 Å². The summed E-state index contributed by atoms with van der Waals surface area (Å²) >= 11 is 5.82. The van der Waals surface area contributed by atoms with Gasteiger partial charge in [-0.25, -0.2) is 18.6 Å². The predicted molar refractivity (Wildman–Crippen MR) is 84.9 cm³/mol. The Hall–Kier alpha value is -1.15. The molecule has 8 heteroatoms. The molecular weight excluding hydrogens is 326 g/mol. The first-order valence-corrected chi connectivity index (χ1v) is 9.04. The monoisotopic (exact) mass is 345 g/mol. The number of rotatable bonds is 3. The van der Waals surface area contributed by atoms with E-state index in [0.717, 1.165) is 19.3 Å². The first-order valence-electron chi connectivity index (χ1n) is 7.12. The summed E-state index contributed by atoms with van der Waals surface area (Å²) in [6.07, 6.45) is 3.15. The fourth-order valence-corrected chi connectivity index (χ4v) is 3.76. The van der Waals surface area contributed by atoms with Gasteiger partial charge in [-0.15, -0.1) is 0 Å². The van der Waals surface area contributed by atoms with E-state index in [1.54, 1.807) is 0 Å². The minimum atomic E-state index is -3.97. The Kier molecular flexibility index (Phi) is 5.11. The molecule has 1 heterocycles. The van der Waals surface area contributed by atoms with Crippen molar-refractivity contribution in [1.29, 1.82) is 0 Å². The molecule has 1 saturated heterocycles. The second-order valence-corrected chi connectivity index (χ2v) is 7.60. The number of nitrogens with one attached hydrogen (secondary N) is 1. The van der Waals surface area contributed by atoms with Crippen LogP contribution in [0.25, 0.3) is 0 Å². The number of amides is 1. The van der Waals surface area contributed by atoms with Crippen LogP contribution in [0.4, 0.5) is 0 Å². The number of piperidine rings is 1. The molecule has 1 aromatic rings. The molecule has 1 aromatic carbocycles. The summed E-state index contributed by atoms with van der Waals surface area (Å²) < 4.78 is 22.9. The van der Waals surface area contributed by atoms with Crippen LogP contribution in [0.2, 0.25) is 5.02 Å². The van der Waals surface area contributed by atoms with Gasteiger partial charge in [-0.1, -0.05) is 18.0 Å². The molecule has 0 bridgehead atoms. The van der Waals surface area contributed by atoms with Crippen LogP contribution in [0.3, 0.4) is 0 Å². The van der Waals surface area contributed by atoms with Crippen molar-refractivity contribution in [1.82, 2.24) is 10.4 Å². The highest BCUT2D eigenvalue weighted by Crippen LogP contribution is 2.23. The number of primary sulfonamides is 1. The van der Waals surface area contributed by atoms with Crippen LogP contribution in [-0.4, -0.2) is 31.4 Å². The van der Waals surface area contributed by atoms with E-state index < -0.39 is 10.0 Å². The number of hydrazine groups is 1. The van der Waals surface area contributed by atoms with E-state index in [1.807, 2.05) is 18.9 Å². The van der Waals surface area contributed by atoms with Gasteiger partial charge in [-0.05, 0) is 44.9 Å². The third-order valence-corrected chi connectivity index (χ3v) is 5.32. The molecule has 0 saturated carbocycles. The van der Waals surface area contributed by atoms with E-state index in [2.05, 4.69) is 5.43 Å². The number of hydrogen-bond donors (Lipinski definition) is 2. The molecule has 0 aliphatic carbocycles. The lowest BCUT2D eigenvalue weighted by Gasteiger charge is -2.38. The van der Waals surface area contributed by atoms with Crippen LogP contribution in [0.1, 0.15) is 43.5 Å². The fraction of sp³-hybridized carbons (Fsp3) is 0.500. The quantitative estimate of drug-likeness (QED) is 0.875. The summed E-state index contributed by atoms with van der Waals surface area (Å²) in [5.74, 6) is -0.373. The zero-order valence-corrected chi connectivity index (χ0v) is 14.1. The molecule has 1 fully saturated rings. The minimum absolute atomic E-state index is 0.00115. The molecule has 1 aliphatic heterocycles. The Morgan fingerprint density at radius 1 is 1.32 bits per heavy atom. The highest BCUT2D eigenvalue weighted by molar-refractivity contribution is 7.89. The lowest BCUT2D eigenvalue weighted by atomic mass is 10.00. The molecule has 2 rings (SSSR count). The highest BCUT2D eigenvalue weighted by atomic mass is 35.5. The van der Waals surface area contributed by atoms with Crippen LogP contribution >= 0.6 is 11.6 Å². The van der Waals surface area contributed by atoms with E-state index in [9.17, 15) is 13.2 Å². The van der Waals surface area contributed by atoms with Gasteiger partial charge in [0.15, 0.2) is 0 Å². The Morgan fingerprint density at radius 2 is 1.91 bits per heavy atom. The molecule has 122 valence electrons. The summed E-state index contributed by atoms with van der Waals surface area (Å²) in [4.78, 5) is 12.1. The zero-order valence-electron chi connectivity index (χ0n) is 12.5. The number of nitrogens with zero attached hydrogens (tertiary/aromatic N) is 1. The van der Waals surface area contributed by atoms with Crippen molar-refractivity contribution in [2.75, 3.05) is 0 Å². The van der Waals surface area contributed by atoms with Crippen molar-refractivity contribution >= 4 is 27.5 Å². The number of carbonyl (C=O) groups is 1. The molecule has 6 nitrogen and oxygen atoms in total. The van der Waals surface area contributed by atoms with Crippen LogP contribution < -0.4 is 10.6 Å².